The van der Waals surface area contributed by atoms with Crippen molar-refractivity contribution in [2.24, 2.45) is 0 Å². The Balaban J connectivity index is 1.92. The number of nitrogens with zero attached hydrogens (tertiary/aromatic N) is 2. The normalized spacial score (nSPS) is 16.0. The molecular formula is C19H21N3O4. The van der Waals surface area contributed by atoms with Crippen LogP contribution in [0.5, 0.6) is 0 Å². The zero-order chi connectivity index (χ0) is 18.5. The number of anilines is 1. The number of carbonyl (C=O) groups is 1. The van der Waals surface area contributed by atoms with Gasteiger partial charge in [-0.3, -0.25) is 19.8 Å². The van der Waals surface area contributed by atoms with Gasteiger partial charge in [-0.1, -0.05) is 30.3 Å². The average molecular weight is 355 g/mol. The molecule has 1 fully saturated rings. The van der Waals surface area contributed by atoms with Gasteiger partial charge in [0.2, 0.25) is 5.91 Å². The van der Waals surface area contributed by atoms with Crippen molar-refractivity contribution < 1.29 is 14.5 Å². The van der Waals surface area contributed by atoms with Crippen LogP contribution in [0.1, 0.15) is 17.2 Å². The van der Waals surface area contributed by atoms with Crippen molar-refractivity contribution in [3.63, 3.8) is 0 Å². The highest BCUT2D eigenvalue weighted by Crippen LogP contribution is 2.27. The SMILES string of the molecule is Cc1ccccc1NC(=O)[C@@H](c1cccc([N+](=O)[O-])c1)N1CCOCC1. The highest BCUT2D eigenvalue weighted by Gasteiger charge is 2.30. The van der Waals surface area contributed by atoms with Gasteiger partial charge in [0, 0.05) is 30.9 Å². The van der Waals surface area contributed by atoms with Crippen LogP contribution in [0.15, 0.2) is 48.5 Å². The number of rotatable bonds is 5. The Morgan fingerprint density at radius 1 is 1.19 bits per heavy atom. The molecule has 2 aromatic carbocycles. The number of hydrogen-bond donors (Lipinski definition) is 1. The minimum absolute atomic E-state index is 0.0237. The van der Waals surface area contributed by atoms with E-state index in [-0.39, 0.29) is 11.6 Å². The summed E-state index contributed by atoms with van der Waals surface area (Å²) in [5, 5.41) is 14.1. The van der Waals surface area contributed by atoms with Gasteiger partial charge in [0.25, 0.3) is 5.69 Å². The van der Waals surface area contributed by atoms with Gasteiger partial charge in [-0.05, 0) is 24.1 Å². The van der Waals surface area contributed by atoms with Crippen LogP contribution in [-0.4, -0.2) is 42.0 Å². The number of aryl methyl sites for hydroxylation is 1. The summed E-state index contributed by atoms with van der Waals surface area (Å²) in [4.78, 5) is 25.8. The molecule has 1 saturated heterocycles. The van der Waals surface area contributed by atoms with Crippen LogP contribution in [0.2, 0.25) is 0 Å². The van der Waals surface area contributed by atoms with Crippen LogP contribution >= 0.6 is 0 Å². The molecule has 1 heterocycles. The van der Waals surface area contributed by atoms with E-state index in [1.165, 1.54) is 12.1 Å². The van der Waals surface area contributed by atoms with E-state index in [1.54, 1.807) is 12.1 Å². The van der Waals surface area contributed by atoms with E-state index in [1.807, 2.05) is 36.1 Å². The molecule has 1 amide bonds. The quantitative estimate of drug-likeness (QED) is 0.658. The van der Waals surface area contributed by atoms with Crippen LogP contribution in [0, 0.1) is 17.0 Å². The topological polar surface area (TPSA) is 84.7 Å². The average Bonchev–Trinajstić information content (AvgIpc) is 2.65. The maximum atomic E-state index is 13.1. The Labute approximate surface area is 151 Å². The lowest BCUT2D eigenvalue weighted by Crippen LogP contribution is -2.44. The summed E-state index contributed by atoms with van der Waals surface area (Å²) in [5.41, 5.74) is 2.28. The number of non-ortho nitro benzene ring substituents is 1. The number of nitrogens with one attached hydrogen (secondary N) is 1. The Morgan fingerprint density at radius 3 is 2.62 bits per heavy atom. The highest BCUT2D eigenvalue weighted by atomic mass is 16.6. The number of benzene rings is 2. The third-order valence-corrected chi connectivity index (χ3v) is 4.46. The lowest BCUT2D eigenvalue weighted by molar-refractivity contribution is -0.384. The summed E-state index contributed by atoms with van der Waals surface area (Å²) in [6.45, 7) is 4.17. The fraction of sp³-hybridized carbons (Fsp3) is 0.316. The van der Waals surface area contributed by atoms with E-state index < -0.39 is 11.0 Å². The van der Waals surface area contributed by atoms with Crippen molar-refractivity contribution >= 4 is 17.3 Å². The molecule has 0 aliphatic carbocycles. The maximum Gasteiger partial charge on any atom is 0.269 e. The molecule has 7 heteroatoms. The number of hydrogen-bond acceptors (Lipinski definition) is 5. The van der Waals surface area contributed by atoms with E-state index in [4.69, 9.17) is 4.74 Å². The second-order valence-electron chi connectivity index (χ2n) is 6.21. The van der Waals surface area contributed by atoms with Crippen molar-refractivity contribution in [2.75, 3.05) is 31.6 Å². The number of para-hydroxylation sites is 1. The van der Waals surface area contributed by atoms with Gasteiger partial charge in [-0.2, -0.15) is 0 Å². The van der Waals surface area contributed by atoms with Crippen LogP contribution in [0.4, 0.5) is 11.4 Å². The van der Waals surface area contributed by atoms with Gasteiger partial charge in [-0.15, -0.1) is 0 Å². The molecule has 0 saturated carbocycles. The standard InChI is InChI=1S/C19H21N3O4/c1-14-5-2-3-8-17(14)20-19(23)18(21-9-11-26-12-10-21)15-6-4-7-16(13-15)22(24)25/h2-8,13,18H,9-12H2,1H3,(H,20,23)/t18-/m1/s1. The van der Waals surface area contributed by atoms with E-state index in [2.05, 4.69) is 5.32 Å². The summed E-state index contributed by atoms with van der Waals surface area (Å²) >= 11 is 0. The smallest absolute Gasteiger partial charge is 0.269 e. The Hall–Kier alpha value is -2.77. The monoisotopic (exact) mass is 355 g/mol. The number of amides is 1. The van der Waals surface area contributed by atoms with Crippen molar-refractivity contribution in [2.45, 2.75) is 13.0 Å². The molecule has 1 N–H and O–H groups in total. The van der Waals surface area contributed by atoms with Crippen LogP contribution in [0.25, 0.3) is 0 Å². The molecule has 0 bridgehead atoms. The van der Waals surface area contributed by atoms with Crippen molar-refractivity contribution in [3.05, 3.63) is 69.8 Å². The van der Waals surface area contributed by atoms with Crippen LogP contribution < -0.4 is 5.32 Å². The number of ether oxygens (including phenoxy) is 1. The Bertz CT molecular complexity index is 803. The van der Waals surface area contributed by atoms with Crippen LogP contribution in [0.3, 0.4) is 0 Å². The van der Waals surface area contributed by atoms with E-state index in [9.17, 15) is 14.9 Å². The minimum atomic E-state index is -0.613. The molecule has 1 atom stereocenters. The molecule has 0 unspecified atom stereocenters. The molecule has 0 aromatic heterocycles. The Kier molecular flexibility index (Phi) is 5.60. The third kappa shape index (κ3) is 4.07. The highest BCUT2D eigenvalue weighted by molar-refractivity contribution is 5.96. The van der Waals surface area contributed by atoms with Gasteiger partial charge in [-0.25, -0.2) is 0 Å². The number of nitro groups is 1. The summed E-state index contributed by atoms with van der Waals surface area (Å²) < 4.78 is 5.38. The molecular weight excluding hydrogens is 334 g/mol. The molecule has 1 aliphatic heterocycles. The predicted molar refractivity (Wildman–Crippen MR) is 98.0 cm³/mol. The van der Waals surface area contributed by atoms with E-state index in [0.717, 1.165) is 11.3 Å². The first-order chi connectivity index (χ1) is 12.6. The lowest BCUT2D eigenvalue weighted by atomic mass is 10.0. The second-order valence-corrected chi connectivity index (χ2v) is 6.21. The Morgan fingerprint density at radius 2 is 1.92 bits per heavy atom. The first kappa shape index (κ1) is 18.0. The molecule has 0 spiro atoms. The van der Waals surface area contributed by atoms with Crippen molar-refractivity contribution in [1.82, 2.24) is 4.90 Å². The molecule has 3 rings (SSSR count). The fourth-order valence-corrected chi connectivity index (χ4v) is 3.09. The molecule has 26 heavy (non-hydrogen) atoms. The maximum absolute atomic E-state index is 13.1. The summed E-state index contributed by atoms with van der Waals surface area (Å²) in [6, 6.07) is 13.2. The molecule has 2 aromatic rings. The number of nitro benzene ring substituents is 1. The number of morpholine rings is 1. The van der Waals surface area contributed by atoms with Gasteiger partial charge < -0.3 is 10.1 Å². The summed E-state index contributed by atoms with van der Waals surface area (Å²) in [7, 11) is 0. The lowest BCUT2D eigenvalue weighted by Gasteiger charge is -2.33. The van der Waals surface area contributed by atoms with Gasteiger partial charge in [0.1, 0.15) is 6.04 Å². The second kappa shape index (κ2) is 8.07. The summed E-state index contributed by atoms with van der Waals surface area (Å²) in [6.07, 6.45) is 0. The fourth-order valence-electron chi connectivity index (χ4n) is 3.09. The first-order valence-electron chi connectivity index (χ1n) is 8.49. The largest absolute Gasteiger partial charge is 0.379 e. The van der Waals surface area contributed by atoms with Gasteiger partial charge >= 0.3 is 0 Å². The molecule has 7 nitrogen and oxygen atoms in total. The first-order valence-corrected chi connectivity index (χ1v) is 8.49. The minimum Gasteiger partial charge on any atom is -0.379 e. The number of carbonyl (C=O) groups excluding carboxylic acids is 1. The third-order valence-electron chi connectivity index (χ3n) is 4.46. The van der Waals surface area contributed by atoms with Crippen molar-refractivity contribution in [3.8, 4) is 0 Å². The summed E-state index contributed by atoms with van der Waals surface area (Å²) in [5.74, 6) is -0.207. The molecule has 136 valence electrons. The zero-order valence-corrected chi connectivity index (χ0v) is 14.6. The predicted octanol–water partition coefficient (Wildman–Crippen LogP) is 2.92. The van der Waals surface area contributed by atoms with E-state index in [0.29, 0.717) is 31.9 Å². The van der Waals surface area contributed by atoms with Gasteiger partial charge in [0.05, 0.1) is 18.1 Å². The molecule has 1 aliphatic rings. The van der Waals surface area contributed by atoms with Gasteiger partial charge in [0.15, 0.2) is 0 Å². The zero-order valence-electron chi connectivity index (χ0n) is 14.6. The van der Waals surface area contributed by atoms with Crippen LogP contribution in [-0.2, 0) is 9.53 Å². The van der Waals surface area contributed by atoms with E-state index >= 15 is 0 Å². The molecule has 0 radical (unpaired) electrons. The van der Waals surface area contributed by atoms with Crippen molar-refractivity contribution in [1.29, 1.82) is 0 Å².